The lowest BCUT2D eigenvalue weighted by molar-refractivity contribution is 0.0674. The SMILES string of the molecule is CC(C)N(Cc1ccc(C(=O)NO)cc1)C(=O)c1c(F)c(F)c(F)c(F)c1F. The minimum absolute atomic E-state index is 0.105. The highest BCUT2D eigenvalue weighted by Gasteiger charge is 2.33. The lowest BCUT2D eigenvalue weighted by atomic mass is 10.1. The highest BCUT2D eigenvalue weighted by molar-refractivity contribution is 5.95. The number of hydroxylamine groups is 1. The summed E-state index contributed by atoms with van der Waals surface area (Å²) in [5, 5.41) is 8.58. The Morgan fingerprint density at radius 2 is 1.39 bits per heavy atom. The summed E-state index contributed by atoms with van der Waals surface area (Å²) >= 11 is 0. The Kier molecular flexibility index (Phi) is 6.34. The molecular weight excluding hydrogens is 387 g/mol. The zero-order valence-corrected chi connectivity index (χ0v) is 14.7. The van der Waals surface area contributed by atoms with Gasteiger partial charge in [-0.05, 0) is 31.5 Å². The van der Waals surface area contributed by atoms with Gasteiger partial charge in [0.1, 0.15) is 5.56 Å². The van der Waals surface area contributed by atoms with Crippen LogP contribution in [0.2, 0.25) is 0 Å². The van der Waals surface area contributed by atoms with E-state index in [-0.39, 0.29) is 12.1 Å². The Hall–Kier alpha value is -3.01. The molecule has 10 heteroatoms. The van der Waals surface area contributed by atoms with Crippen molar-refractivity contribution in [1.29, 1.82) is 0 Å². The Morgan fingerprint density at radius 1 is 0.929 bits per heavy atom. The fraction of sp³-hybridized carbons (Fsp3) is 0.222. The predicted octanol–water partition coefficient (Wildman–Crippen LogP) is 3.55. The Balaban J connectivity index is 2.40. The van der Waals surface area contributed by atoms with E-state index in [0.717, 1.165) is 4.90 Å². The van der Waals surface area contributed by atoms with E-state index in [4.69, 9.17) is 5.21 Å². The molecule has 150 valence electrons. The number of carbonyl (C=O) groups is 2. The van der Waals surface area contributed by atoms with Crippen LogP contribution in [-0.4, -0.2) is 28.0 Å². The monoisotopic (exact) mass is 402 g/mol. The number of carbonyl (C=O) groups excluding carboxylic acids is 2. The zero-order chi connectivity index (χ0) is 21.2. The molecule has 0 heterocycles. The molecule has 0 unspecified atom stereocenters. The van der Waals surface area contributed by atoms with Crippen LogP contribution in [-0.2, 0) is 6.54 Å². The summed E-state index contributed by atoms with van der Waals surface area (Å²) in [5.74, 6) is -13.3. The van der Waals surface area contributed by atoms with Crippen LogP contribution in [0.1, 0.15) is 40.1 Å². The fourth-order valence-corrected chi connectivity index (χ4v) is 2.45. The van der Waals surface area contributed by atoms with Crippen molar-refractivity contribution in [3.63, 3.8) is 0 Å². The second-order valence-corrected chi connectivity index (χ2v) is 6.11. The number of amides is 2. The van der Waals surface area contributed by atoms with Gasteiger partial charge in [-0.1, -0.05) is 12.1 Å². The first-order valence-electron chi connectivity index (χ1n) is 7.95. The first-order valence-corrected chi connectivity index (χ1v) is 7.95. The summed E-state index contributed by atoms with van der Waals surface area (Å²) in [6, 6.07) is 4.81. The molecule has 2 rings (SSSR count). The summed E-state index contributed by atoms with van der Waals surface area (Å²) in [4.78, 5) is 24.8. The second kappa shape index (κ2) is 8.34. The molecule has 0 aromatic heterocycles. The van der Waals surface area contributed by atoms with Crippen molar-refractivity contribution in [3.05, 3.63) is 70.0 Å². The van der Waals surface area contributed by atoms with Gasteiger partial charge in [0.15, 0.2) is 23.3 Å². The van der Waals surface area contributed by atoms with Gasteiger partial charge in [-0.25, -0.2) is 27.4 Å². The highest BCUT2D eigenvalue weighted by Crippen LogP contribution is 2.25. The minimum Gasteiger partial charge on any atom is -0.332 e. The van der Waals surface area contributed by atoms with E-state index in [1.54, 1.807) is 0 Å². The van der Waals surface area contributed by atoms with Crippen molar-refractivity contribution >= 4 is 11.8 Å². The molecule has 5 nitrogen and oxygen atoms in total. The van der Waals surface area contributed by atoms with Crippen LogP contribution in [0.15, 0.2) is 24.3 Å². The zero-order valence-electron chi connectivity index (χ0n) is 14.7. The van der Waals surface area contributed by atoms with Gasteiger partial charge in [-0.15, -0.1) is 0 Å². The smallest absolute Gasteiger partial charge is 0.274 e. The molecule has 0 fully saturated rings. The standard InChI is InChI=1S/C18H15F5N2O3/c1-8(2)25(7-9-3-5-10(6-4-9)17(26)24-28)18(27)11-12(19)14(21)16(23)15(22)13(11)20/h3-6,8,28H,7H2,1-2H3,(H,24,26). The average molecular weight is 402 g/mol. The highest BCUT2D eigenvalue weighted by atomic mass is 19.2. The van der Waals surface area contributed by atoms with E-state index in [9.17, 15) is 31.5 Å². The molecule has 0 aliphatic carbocycles. The Bertz CT molecular complexity index is 887. The third kappa shape index (κ3) is 3.96. The van der Waals surface area contributed by atoms with Crippen LogP contribution in [0.5, 0.6) is 0 Å². The van der Waals surface area contributed by atoms with Crippen LogP contribution in [0, 0.1) is 29.1 Å². The largest absolute Gasteiger partial charge is 0.332 e. The predicted molar refractivity (Wildman–Crippen MR) is 86.9 cm³/mol. The molecular formula is C18H15F5N2O3. The van der Waals surface area contributed by atoms with Gasteiger partial charge in [0.25, 0.3) is 11.8 Å². The molecule has 0 aliphatic heterocycles. The van der Waals surface area contributed by atoms with Crippen LogP contribution < -0.4 is 5.48 Å². The van der Waals surface area contributed by atoms with Crippen molar-refractivity contribution in [2.45, 2.75) is 26.4 Å². The van der Waals surface area contributed by atoms with Gasteiger partial charge in [0.05, 0.1) is 0 Å². The number of halogens is 5. The van der Waals surface area contributed by atoms with Crippen LogP contribution in [0.4, 0.5) is 22.0 Å². The molecule has 0 aliphatic rings. The normalized spacial score (nSPS) is 10.9. The van der Waals surface area contributed by atoms with Gasteiger partial charge < -0.3 is 4.90 Å². The van der Waals surface area contributed by atoms with Crippen LogP contribution in [0.25, 0.3) is 0 Å². The van der Waals surface area contributed by atoms with Gasteiger partial charge in [0, 0.05) is 18.2 Å². The van der Waals surface area contributed by atoms with E-state index in [1.807, 2.05) is 0 Å². The van der Waals surface area contributed by atoms with Crippen LogP contribution >= 0.6 is 0 Å². The maximum absolute atomic E-state index is 14.0. The summed E-state index contributed by atoms with van der Waals surface area (Å²) in [7, 11) is 0. The molecule has 0 atom stereocenters. The molecule has 28 heavy (non-hydrogen) atoms. The molecule has 2 amide bonds. The van der Waals surface area contributed by atoms with Gasteiger partial charge >= 0.3 is 0 Å². The van der Waals surface area contributed by atoms with Gasteiger partial charge in [-0.3, -0.25) is 14.8 Å². The van der Waals surface area contributed by atoms with Crippen molar-refractivity contribution in [1.82, 2.24) is 10.4 Å². The van der Waals surface area contributed by atoms with Gasteiger partial charge in [-0.2, -0.15) is 0 Å². The van der Waals surface area contributed by atoms with E-state index < -0.39 is 52.5 Å². The number of hydrogen-bond acceptors (Lipinski definition) is 3. The van der Waals surface area contributed by atoms with E-state index in [2.05, 4.69) is 0 Å². The quantitative estimate of drug-likeness (QED) is 0.264. The molecule has 0 saturated carbocycles. The second-order valence-electron chi connectivity index (χ2n) is 6.11. The summed E-state index contributed by atoms with van der Waals surface area (Å²) in [6.45, 7) is 2.77. The Morgan fingerprint density at radius 3 is 1.82 bits per heavy atom. The lowest BCUT2D eigenvalue weighted by Crippen LogP contribution is -2.38. The fourth-order valence-electron chi connectivity index (χ4n) is 2.45. The summed E-state index contributed by atoms with van der Waals surface area (Å²) in [6.07, 6.45) is 0. The molecule has 2 aromatic rings. The number of hydrogen-bond donors (Lipinski definition) is 2. The van der Waals surface area contributed by atoms with Crippen molar-refractivity contribution in [2.75, 3.05) is 0 Å². The molecule has 2 aromatic carbocycles. The average Bonchev–Trinajstić information content (AvgIpc) is 2.68. The summed E-state index contributed by atoms with van der Waals surface area (Å²) in [5.41, 5.74) is 0.420. The maximum Gasteiger partial charge on any atom is 0.274 e. The van der Waals surface area contributed by atoms with Crippen LogP contribution in [0.3, 0.4) is 0 Å². The topological polar surface area (TPSA) is 69.6 Å². The van der Waals surface area contributed by atoms with E-state index >= 15 is 0 Å². The third-order valence-corrected chi connectivity index (χ3v) is 3.98. The molecule has 0 radical (unpaired) electrons. The first kappa shape index (κ1) is 21.3. The molecule has 0 bridgehead atoms. The molecule has 0 saturated heterocycles. The lowest BCUT2D eigenvalue weighted by Gasteiger charge is -2.27. The number of nitrogens with zero attached hydrogens (tertiary/aromatic N) is 1. The van der Waals surface area contributed by atoms with E-state index in [1.165, 1.54) is 43.6 Å². The first-order chi connectivity index (χ1) is 13.1. The number of rotatable bonds is 5. The third-order valence-electron chi connectivity index (χ3n) is 3.98. The Labute approximate surface area is 156 Å². The summed E-state index contributed by atoms with van der Waals surface area (Å²) < 4.78 is 68.0. The molecule has 0 spiro atoms. The van der Waals surface area contributed by atoms with Crippen molar-refractivity contribution in [2.24, 2.45) is 0 Å². The maximum atomic E-state index is 14.0. The molecule has 2 N–H and O–H groups in total. The van der Waals surface area contributed by atoms with Gasteiger partial charge in [0.2, 0.25) is 5.82 Å². The number of benzene rings is 2. The number of nitrogens with one attached hydrogen (secondary N) is 1. The minimum atomic E-state index is -2.35. The van der Waals surface area contributed by atoms with Crippen molar-refractivity contribution < 1.29 is 36.7 Å². The van der Waals surface area contributed by atoms with Crippen molar-refractivity contribution in [3.8, 4) is 0 Å². The van der Waals surface area contributed by atoms with E-state index in [0.29, 0.717) is 5.56 Å².